The molecule has 0 spiro atoms. The first-order chi connectivity index (χ1) is 8.93. The van der Waals surface area contributed by atoms with Crippen LogP contribution in [0.1, 0.15) is 0 Å². The number of alkyl halides is 1. The van der Waals surface area contributed by atoms with Crippen LogP contribution in [0.4, 0.5) is 10.3 Å². The summed E-state index contributed by atoms with van der Waals surface area (Å²) in [7, 11) is 1.61. The molecule has 2 atom stereocenters. The van der Waals surface area contributed by atoms with Gasteiger partial charge in [-0.3, -0.25) is 14.3 Å². The fourth-order valence-corrected chi connectivity index (χ4v) is 1.87. The number of halogens is 1. The number of fused-ring (bicyclic) bond motifs is 1. The number of aromatic nitrogens is 4. The van der Waals surface area contributed by atoms with Crippen molar-refractivity contribution >= 4 is 17.1 Å². The van der Waals surface area contributed by atoms with Crippen LogP contribution in [0.3, 0.4) is 0 Å². The molecular formula is C10H15FN5O3+. The Hall–Kier alpha value is -2.00. The van der Waals surface area contributed by atoms with Gasteiger partial charge in [-0.15, -0.1) is 0 Å². The average molecular weight is 272 g/mol. The Morgan fingerprint density at radius 3 is 3.00 bits per heavy atom. The first kappa shape index (κ1) is 13.4. The minimum absolute atomic E-state index is 0.0736. The number of nitrogen functional groups attached to an aromatic ring is 1. The van der Waals surface area contributed by atoms with Gasteiger partial charge in [0.05, 0.1) is 13.7 Å². The average Bonchev–Trinajstić information content (AvgIpc) is 2.64. The third-order valence-corrected chi connectivity index (χ3v) is 2.81. The van der Waals surface area contributed by atoms with Crippen LogP contribution in [0.25, 0.3) is 11.2 Å². The van der Waals surface area contributed by atoms with E-state index in [1.54, 1.807) is 7.05 Å². The Kier molecular flexibility index (Phi) is 3.49. The van der Waals surface area contributed by atoms with E-state index >= 15 is 0 Å². The van der Waals surface area contributed by atoms with Gasteiger partial charge in [0.1, 0.15) is 12.6 Å². The Bertz CT molecular complexity index is 652. The summed E-state index contributed by atoms with van der Waals surface area (Å²) < 4.78 is 16.5. The van der Waals surface area contributed by atoms with Gasteiger partial charge in [0.25, 0.3) is 11.5 Å². The minimum Gasteiger partial charge on any atom is -0.394 e. The zero-order chi connectivity index (χ0) is 14.2. The summed E-state index contributed by atoms with van der Waals surface area (Å²) in [4.78, 5) is 18.0. The van der Waals surface area contributed by atoms with Crippen molar-refractivity contribution < 1.29 is 19.2 Å². The normalized spacial score (nSPS) is 14.7. The number of aliphatic hydroxyl groups excluding tert-OH is 2. The number of nitrogens with one attached hydrogen (secondary N) is 1. The SMILES string of the molecule is Cn1c[n+](C[C@H](F)[C@@H](O)CO)c2nc(N)[nH]c(=O)c21. The number of aryl methyl sites for hydroxylation is 1. The molecule has 0 unspecified atom stereocenters. The molecule has 2 aromatic heterocycles. The molecule has 0 saturated heterocycles. The molecule has 2 heterocycles. The van der Waals surface area contributed by atoms with Crippen LogP contribution in [0.15, 0.2) is 11.1 Å². The molecule has 19 heavy (non-hydrogen) atoms. The molecule has 2 aromatic rings. The van der Waals surface area contributed by atoms with Crippen molar-refractivity contribution in [2.24, 2.45) is 7.05 Å². The number of aliphatic hydroxyl groups is 2. The van der Waals surface area contributed by atoms with Gasteiger partial charge in [0.2, 0.25) is 5.52 Å². The van der Waals surface area contributed by atoms with E-state index in [0.717, 1.165) is 0 Å². The monoisotopic (exact) mass is 272 g/mol. The number of H-pyrrole nitrogens is 1. The topological polar surface area (TPSA) is 121 Å². The van der Waals surface area contributed by atoms with Gasteiger partial charge in [-0.2, -0.15) is 0 Å². The van der Waals surface area contributed by atoms with E-state index in [1.165, 1.54) is 15.5 Å². The zero-order valence-electron chi connectivity index (χ0n) is 10.2. The van der Waals surface area contributed by atoms with Crippen LogP contribution < -0.4 is 15.9 Å². The van der Waals surface area contributed by atoms with Crippen molar-refractivity contribution in [2.75, 3.05) is 12.3 Å². The van der Waals surface area contributed by atoms with Crippen molar-refractivity contribution in [1.29, 1.82) is 0 Å². The van der Waals surface area contributed by atoms with E-state index in [-0.39, 0.29) is 23.7 Å². The number of anilines is 1. The molecule has 8 nitrogen and oxygen atoms in total. The van der Waals surface area contributed by atoms with Gasteiger partial charge >= 0.3 is 5.65 Å². The summed E-state index contributed by atoms with van der Waals surface area (Å²) in [6, 6.07) is 0. The minimum atomic E-state index is -1.68. The van der Waals surface area contributed by atoms with E-state index in [2.05, 4.69) is 9.97 Å². The third-order valence-electron chi connectivity index (χ3n) is 2.81. The maximum atomic E-state index is 13.6. The van der Waals surface area contributed by atoms with Crippen LogP contribution in [-0.4, -0.2) is 43.6 Å². The summed E-state index contributed by atoms with van der Waals surface area (Å²) in [6.45, 7) is -0.919. The van der Waals surface area contributed by atoms with Crippen LogP contribution in [0.5, 0.6) is 0 Å². The van der Waals surface area contributed by atoms with Crippen LogP contribution in [0.2, 0.25) is 0 Å². The number of rotatable bonds is 4. The van der Waals surface area contributed by atoms with Crippen molar-refractivity contribution in [3.63, 3.8) is 0 Å². The summed E-state index contributed by atoms with van der Waals surface area (Å²) in [5.74, 6) is -0.0736. The molecular weight excluding hydrogens is 257 g/mol. The second-order valence-corrected chi connectivity index (χ2v) is 4.27. The number of nitrogens with zero attached hydrogens (tertiary/aromatic N) is 3. The number of imidazole rings is 1. The Labute approximate surface area is 106 Å². The Morgan fingerprint density at radius 1 is 1.68 bits per heavy atom. The lowest BCUT2D eigenvalue weighted by Gasteiger charge is -2.11. The lowest BCUT2D eigenvalue weighted by molar-refractivity contribution is -0.680. The molecule has 0 aliphatic carbocycles. The third kappa shape index (κ3) is 2.42. The van der Waals surface area contributed by atoms with Crippen LogP contribution in [0, 0.1) is 0 Å². The maximum absolute atomic E-state index is 13.6. The summed E-state index contributed by atoms with van der Waals surface area (Å²) >= 11 is 0. The highest BCUT2D eigenvalue weighted by atomic mass is 19.1. The molecule has 0 radical (unpaired) electrons. The molecule has 0 aliphatic rings. The number of aromatic amines is 1. The predicted octanol–water partition coefficient (Wildman–Crippen LogP) is -2.18. The first-order valence-electron chi connectivity index (χ1n) is 5.61. The lowest BCUT2D eigenvalue weighted by atomic mass is 10.2. The molecule has 9 heteroatoms. The van der Waals surface area contributed by atoms with Gasteiger partial charge in [-0.05, 0) is 0 Å². The lowest BCUT2D eigenvalue weighted by Crippen LogP contribution is -2.43. The molecule has 0 aromatic carbocycles. The second kappa shape index (κ2) is 4.94. The van der Waals surface area contributed by atoms with Crippen molar-refractivity contribution in [3.8, 4) is 0 Å². The smallest absolute Gasteiger partial charge is 0.311 e. The van der Waals surface area contributed by atoms with E-state index < -0.39 is 24.4 Å². The standard InChI is InChI=1S/C10H14FN5O3/c1-15-4-16(2-5(11)6(18)3-17)8-7(15)9(19)14-10(12)13-8/h4-6,17-18H,2-3H2,1H3,(H2-,12,13,14,19)/p+1/t5-,6-/m0/s1. The first-order valence-corrected chi connectivity index (χ1v) is 5.61. The van der Waals surface area contributed by atoms with E-state index in [0.29, 0.717) is 0 Å². The largest absolute Gasteiger partial charge is 0.394 e. The second-order valence-electron chi connectivity index (χ2n) is 4.27. The molecule has 0 aliphatic heterocycles. The molecule has 2 rings (SSSR count). The van der Waals surface area contributed by atoms with E-state index in [9.17, 15) is 14.3 Å². The number of hydrogen-bond donors (Lipinski definition) is 4. The van der Waals surface area contributed by atoms with Gasteiger partial charge in [0.15, 0.2) is 12.5 Å². The van der Waals surface area contributed by atoms with Crippen LogP contribution >= 0.6 is 0 Å². The molecule has 5 N–H and O–H groups in total. The highest BCUT2D eigenvalue weighted by Gasteiger charge is 2.25. The van der Waals surface area contributed by atoms with Crippen molar-refractivity contribution in [3.05, 3.63) is 16.7 Å². The molecule has 0 fully saturated rings. The fourth-order valence-electron chi connectivity index (χ4n) is 1.87. The number of nitrogens with two attached hydrogens (primary N) is 1. The predicted molar refractivity (Wildman–Crippen MR) is 63.9 cm³/mol. The van der Waals surface area contributed by atoms with Gasteiger partial charge in [-0.1, -0.05) is 4.98 Å². The highest BCUT2D eigenvalue weighted by molar-refractivity contribution is 5.66. The van der Waals surface area contributed by atoms with Crippen molar-refractivity contribution in [1.82, 2.24) is 14.5 Å². The molecule has 0 saturated carbocycles. The summed E-state index contributed by atoms with van der Waals surface area (Å²) in [6.07, 6.45) is -1.69. The maximum Gasteiger partial charge on any atom is 0.311 e. The van der Waals surface area contributed by atoms with E-state index in [1.807, 2.05) is 0 Å². The molecule has 0 amide bonds. The van der Waals surface area contributed by atoms with Crippen LogP contribution in [-0.2, 0) is 13.6 Å². The molecule has 0 bridgehead atoms. The van der Waals surface area contributed by atoms with Gasteiger partial charge in [-0.25, -0.2) is 8.96 Å². The summed E-state index contributed by atoms with van der Waals surface area (Å²) in [5.41, 5.74) is 5.49. The number of hydrogen-bond acceptors (Lipinski definition) is 5. The zero-order valence-corrected chi connectivity index (χ0v) is 10.2. The Morgan fingerprint density at radius 2 is 2.37 bits per heavy atom. The highest BCUT2D eigenvalue weighted by Crippen LogP contribution is 2.05. The molecule has 104 valence electrons. The Balaban J connectivity index is 2.47. The fraction of sp³-hybridized carbons (Fsp3) is 0.500. The quantitative estimate of drug-likeness (QED) is 0.472. The summed E-state index contributed by atoms with van der Waals surface area (Å²) in [5, 5.41) is 17.9. The van der Waals surface area contributed by atoms with E-state index in [4.69, 9.17) is 10.8 Å². The van der Waals surface area contributed by atoms with Gasteiger partial charge < -0.3 is 15.9 Å². The van der Waals surface area contributed by atoms with Crippen molar-refractivity contribution in [2.45, 2.75) is 18.8 Å². The van der Waals surface area contributed by atoms with Gasteiger partial charge in [0, 0.05) is 0 Å².